The van der Waals surface area contributed by atoms with Crippen LogP contribution in [0, 0.1) is 11.3 Å². The molecule has 0 aliphatic carbocycles. The summed E-state index contributed by atoms with van der Waals surface area (Å²) in [5, 5.41) is 12.6. The van der Waals surface area contributed by atoms with Crippen LogP contribution in [0.25, 0.3) is 0 Å². The third-order valence-corrected chi connectivity index (χ3v) is 5.48. The van der Waals surface area contributed by atoms with Gasteiger partial charge in [-0.2, -0.15) is 0 Å². The highest BCUT2D eigenvalue weighted by atomic mass is 16.5. The fraction of sp³-hybridized carbons (Fsp3) is 0.579. The van der Waals surface area contributed by atoms with Crippen LogP contribution in [0.4, 0.5) is 0 Å². The predicted octanol–water partition coefficient (Wildman–Crippen LogP) is 0.777. The average Bonchev–Trinajstić information content (AvgIpc) is 3.01. The summed E-state index contributed by atoms with van der Waals surface area (Å²) in [5.41, 5.74) is 0.278. The van der Waals surface area contributed by atoms with Gasteiger partial charge in [0.15, 0.2) is 0 Å². The van der Waals surface area contributed by atoms with Gasteiger partial charge in [-0.25, -0.2) is 0 Å². The number of carboxylic acids is 1. The summed E-state index contributed by atoms with van der Waals surface area (Å²) in [6, 6.07) is 7.73. The van der Waals surface area contributed by atoms with E-state index >= 15 is 0 Å². The van der Waals surface area contributed by atoms with Crippen molar-refractivity contribution in [3.05, 3.63) is 29.8 Å². The number of nitrogens with one attached hydrogen (secondary N) is 1. The quantitative estimate of drug-likeness (QED) is 0.745. The van der Waals surface area contributed by atoms with Crippen molar-refractivity contribution in [1.82, 2.24) is 10.2 Å². The van der Waals surface area contributed by atoms with Crippen molar-refractivity contribution < 1.29 is 24.2 Å². The fourth-order valence-corrected chi connectivity index (χ4v) is 4.03. The van der Waals surface area contributed by atoms with Crippen molar-refractivity contribution in [2.75, 3.05) is 46.5 Å². The summed E-state index contributed by atoms with van der Waals surface area (Å²) in [6.07, 6.45) is 1.20. The van der Waals surface area contributed by atoms with E-state index in [1.165, 1.54) is 0 Å². The van der Waals surface area contributed by atoms with Crippen molar-refractivity contribution in [3.8, 4) is 5.75 Å². The van der Waals surface area contributed by atoms with Gasteiger partial charge in [-0.1, -0.05) is 18.2 Å². The summed E-state index contributed by atoms with van der Waals surface area (Å²) in [4.78, 5) is 26.0. The fourth-order valence-electron chi connectivity index (χ4n) is 4.03. The lowest BCUT2D eigenvalue weighted by Gasteiger charge is -2.34. The van der Waals surface area contributed by atoms with Gasteiger partial charge >= 0.3 is 5.97 Å². The number of ether oxygens (including phenoxy) is 2. The number of fused-ring (bicyclic) bond motifs is 1. The van der Waals surface area contributed by atoms with E-state index in [-0.39, 0.29) is 18.4 Å². The van der Waals surface area contributed by atoms with Gasteiger partial charge in [-0.3, -0.25) is 14.5 Å². The third-order valence-electron chi connectivity index (χ3n) is 5.48. The van der Waals surface area contributed by atoms with Gasteiger partial charge < -0.3 is 19.9 Å². The van der Waals surface area contributed by atoms with E-state index in [2.05, 4.69) is 5.32 Å². The summed E-state index contributed by atoms with van der Waals surface area (Å²) in [5.74, 6) is -0.0891. The van der Waals surface area contributed by atoms with E-state index in [1.54, 1.807) is 7.11 Å². The van der Waals surface area contributed by atoms with Crippen LogP contribution in [0.5, 0.6) is 5.75 Å². The second kappa shape index (κ2) is 8.05. The number of carbonyl (C=O) groups is 2. The van der Waals surface area contributed by atoms with Crippen molar-refractivity contribution in [2.24, 2.45) is 11.3 Å². The molecule has 3 rings (SSSR count). The molecular formula is C19H26N2O5. The van der Waals surface area contributed by atoms with Gasteiger partial charge in [0, 0.05) is 32.2 Å². The van der Waals surface area contributed by atoms with E-state index < -0.39 is 11.4 Å². The number of benzene rings is 1. The van der Waals surface area contributed by atoms with Crippen molar-refractivity contribution in [2.45, 2.75) is 12.8 Å². The highest BCUT2D eigenvalue weighted by Gasteiger charge is 2.53. The zero-order valence-corrected chi connectivity index (χ0v) is 15.1. The van der Waals surface area contributed by atoms with Crippen LogP contribution in [0.2, 0.25) is 0 Å². The maximum absolute atomic E-state index is 12.3. The Morgan fingerprint density at radius 1 is 1.42 bits per heavy atom. The summed E-state index contributed by atoms with van der Waals surface area (Å²) < 4.78 is 10.8. The molecule has 2 aliphatic rings. The first-order valence-electron chi connectivity index (χ1n) is 8.97. The molecule has 2 heterocycles. The lowest BCUT2D eigenvalue weighted by Crippen LogP contribution is -2.45. The van der Waals surface area contributed by atoms with Crippen LogP contribution in [0.15, 0.2) is 24.3 Å². The number of methoxy groups -OCH3 is 1. The lowest BCUT2D eigenvalue weighted by molar-refractivity contribution is -0.157. The van der Waals surface area contributed by atoms with Crippen LogP contribution < -0.4 is 10.1 Å². The molecule has 2 N–H and O–H groups in total. The molecule has 0 bridgehead atoms. The van der Waals surface area contributed by atoms with E-state index in [1.807, 2.05) is 29.2 Å². The third kappa shape index (κ3) is 3.83. The van der Waals surface area contributed by atoms with E-state index in [0.29, 0.717) is 45.7 Å². The molecule has 1 aromatic rings. The second-order valence-electron chi connectivity index (χ2n) is 7.06. The number of carbonyl (C=O) groups excluding carboxylic acids is 1. The van der Waals surface area contributed by atoms with Crippen molar-refractivity contribution in [1.29, 1.82) is 0 Å². The zero-order chi connectivity index (χ0) is 18.6. The minimum absolute atomic E-state index is 0.0462. The van der Waals surface area contributed by atoms with Crippen LogP contribution in [-0.4, -0.2) is 68.4 Å². The Balaban J connectivity index is 1.49. The molecule has 142 valence electrons. The Labute approximate surface area is 153 Å². The molecule has 0 unspecified atom stereocenters. The summed E-state index contributed by atoms with van der Waals surface area (Å²) in [6.45, 7) is 2.67. The smallest absolute Gasteiger partial charge is 0.311 e. The number of carboxylic acid groups (broad SMARTS) is 1. The number of hydrogen-bond donors (Lipinski definition) is 2. The summed E-state index contributed by atoms with van der Waals surface area (Å²) >= 11 is 0. The molecule has 0 radical (unpaired) electrons. The molecule has 7 nitrogen and oxygen atoms in total. The maximum atomic E-state index is 12.3. The molecular weight excluding hydrogens is 336 g/mol. The molecule has 0 saturated carbocycles. The van der Waals surface area contributed by atoms with Crippen molar-refractivity contribution in [3.63, 3.8) is 0 Å². The van der Waals surface area contributed by atoms with E-state index in [4.69, 9.17) is 9.47 Å². The Kier molecular flexibility index (Phi) is 5.78. The molecule has 0 spiro atoms. The number of likely N-dealkylation sites (tertiary alicyclic amines) is 1. The zero-order valence-electron chi connectivity index (χ0n) is 15.1. The number of aliphatic carboxylic acids is 1. The first-order chi connectivity index (χ1) is 12.5. The molecule has 2 fully saturated rings. The molecule has 2 saturated heterocycles. The number of amides is 1. The molecule has 2 atom stereocenters. The van der Waals surface area contributed by atoms with Crippen LogP contribution in [0.1, 0.15) is 12.0 Å². The number of nitrogens with zero attached hydrogens (tertiary/aromatic N) is 1. The minimum Gasteiger partial charge on any atom is -0.496 e. The normalized spacial score (nSPS) is 25.5. The lowest BCUT2D eigenvalue weighted by atomic mass is 9.74. The Hall–Kier alpha value is -2.12. The predicted molar refractivity (Wildman–Crippen MR) is 95.1 cm³/mol. The van der Waals surface area contributed by atoms with Crippen molar-refractivity contribution >= 4 is 11.9 Å². The van der Waals surface area contributed by atoms with Gasteiger partial charge in [-0.15, -0.1) is 0 Å². The topological polar surface area (TPSA) is 88.1 Å². The number of para-hydroxylation sites is 1. The molecule has 7 heteroatoms. The van der Waals surface area contributed by atoms with E-state index in [9.17, 15) is 14.7 Å². The van der Waals surface area contributed by atoms with Gasteiger partial charge in [0.25, 0.3) is 0 Å². The van der Waals surface area contributed by atoms with Crippen LogP contribution in [-0.2, 0) is 20.7 Å². The molecule has 2 aliphatic heterocycles. The number of hydrogen-bond acceptors (Lipinski definition) is 5. The molecule has 1 aromatic carbocycles. The largest absolute Gasteiger partial charge is 0.496 e. The average molecular weight is 362 g/mol. The first kappa shape index (κ1) is 18.7. The number of rotatable bonds is 7. The standard InChI is InChI=1S/C19H26N2O5/c1-25-16-5-3-2-4-14(16)6-8-20-17(22)11-21-10-15-12-26-9-7-19(15,13-21)18(23)24/h2-5,15H,6-13H2,1H3,(H,20,22)(H,23,24)/t15-,19+/m1/s1. The summed E-state index contributed by atoms with van der Waals surface area (Å²) in [7, 11) is 1.63. The van der Waals surface area contributed by atoms with Gasteiger partial charge in [0.05, 0.1) is 25.7 Å². The van der Waals surface area contributed by atoms with E-state index in [0.717, 1.165) is 11.3 Å². The minimum atomic E-state index is -0.773. The maximum Gasteiger partial charge on any atom is 0.311 e. The van der Waals surface area contributed by atoms with Crippen LogP contribution >= 0.6 is 0 Å². The monoisotopic (exact) mass is 362 g/mol. The van der Waals surface area contributed by atoms with Gasteiger partial charge in [0.1, 0.15) is 5.75 Å². The molecule has 0 aromatic heterocycles. The highest BCUT2D eigenvalue weighted by Crippen LogP contribution is 2.42. The second-order valence-corrected chi connectivity index (χ2v) is 7.06. The van der Waals surface area contributed by atoms with Crippen LogP contribution in [0.3, 0.4) is 0 Å². The Morgan fingerprint density at radius 3 is 2.96 bits per heavy atom. The first-order valence-corrected chi connectivity index (χ1v) is 8.97. The SMILES string of the molecule is COc1ccccc1CCNC(=O)CN1C[C@@H]2COCC[C@]2(C(=O)O)C1. The molecule has 26 heavy (non-hydrogen) atoms. The van der Waals surface area contributed by atoms with Gasteiger partial charge in [-0.05, 0) is 24.5 Å². The Bertz CT molecular complexity index is 665. The highest BCUT2D eigenvalue weighted by molar-refractivity contribution is 5.79. The molecule has 1 amide bonds. The Morgan fingerprint density at radius 2 is 2.23 bits per heavy atom. The van der Waals surface area contributed by atoms with Gasteiger partial charge in [0.2, 0.25) is 5.91 Å².